The summed E-state index contributed by atoms with van der Waals surface area (Å²) in [4.78, 5) is 11.1. The van der Waals surface area contributed by atoms with Crippen LogP contribution in [0.15, 0.2) is 0 Å². The lowest BCUT2D eigenvalue weighted by Crippen LogP contribution is -2.29. The van der Waals surface area contributed by atoms with Gasteiger partial charge in [-0.1, -0.05) is 6.92 Å². The smallest absolute Gasteiger partial charge is 0.219 e. The van der Waals surface area contributed by atoms with Crippen molar-refractivity contribution < 1.29 is 4.79 Å². The van der Waals surface area contributed by atoms with Gasteiger partial charge in [0.05, 0.1) is 0 Å². The lowest BCUT2D eigenvalue weighted by Gasteiger charge is -2.08. The van der Waals surface area contributed by atoms with E-state index in [0.29, 0.717) is 12.3 Å². The van der Waals surface area contributed by atoms with Crippen molar-refractivity contribution in [1.29, 1.82) is 0 Å². The first-order valence-electron chi connectivity index (χ1n) is 4.80. The Morgan fingerprint density at radius 1 is 1.62 bits per heavy atom. The largest absolute Gasteiger partial charge is 0.356 e. The Balaban J connectivity index is 0.00000144. The molecule has 0 unspecified atom stereocenters. The number of carbonyl (C=O) groups is 1. The third-order valence-electron chi connectivity index (χ3n) is 2.23. The minimum Gasteiger partial charge on any atom is -0.356 e. The van der Waals surface area contributed by atoms with Gasteiger partial charge in [0.2, 0.25) is 5.91 Å². The summed E-state index contributed by atoms with van der Waals surface area (Å²) in [5.74, 6) is 0.857. The van der Waals surface area contributed by atoms with Gasteiger partial charge in [-0.15, -0.1) is 12.4 Å². The first kappa shape index (κ1) is 12.7. The summed E-state index contributed by atoms with van der Waals surface area (Å²) in [5, 5.41) is 6.22. The second-order valence-electron chi connectivity index (χ2n) is 3.41. The molecule has 1 atom stereocenters. The maximum atomic E-state index is 11.1. The Bertz CT molecular complexity index is 147. The third-order valence-corrected chi connectivity index (χ3v) is 2.23. The van der Waals surface area contributed by atoms with E-state index in [0.717, 1.165) is 26.1 Å². The molecule has 0 aliphatic carbocycles. The predicted octanol–water partition coefficient (Wildman–Crippen LogP) is 0.934. The molecule has 0 bridgehead atoms. The third kappa shape index (κ3) is 5.11. The Labute approximate surface area is 86.1 Å². The molecule has 78 valence electrons. The highest BCUT2D eigenvalue weighted by molar-refractivity contribution is 5.85. The zero-order valence-electron chi connectivity index (χ0n) is 8.14. The fraction of sp³-hybridized carbons (Fsp3) is 0.889. The summed E-state index contributed by atoms with van der Waals surface area (Å²) in [6.07, 6.45) is 2.81. The lowest BCUT2D eigenvalue weighted by molar-refractivity contribution is -0.121. The molecule has 3 nitrogen and oxygen atoms in total. The van der Waals surface area contributed by atoms with Gasteiger partial charge in [0.25, 0.3) is 0 Å². The van der Waals surface area contributed by atoms with Gasteiger partial charge >= 0.3 is 0 Å². The van der Waals surface area contributed by atoms with Crippen LogP contribution in [0.1, 0.15) is 26.2 Å². The second-order valence-corrected chi connectivity index (χ2v) is 3.41. The van der Waals surface area contributed by atoms with Crippen LogP contribution in [0.5, 0.6) is 0 Å². The standard InChI is InChI=1S/C9H18N2O.ClH/c1-2-3-9(12)11-7-8-4-5-10-6-8;/h8,10H,2-7H2,1H3,(H,11,12);1H/t8-;/m0./s1. The van der Waals surface area contributed by atoms with Crippen LogP contribution in [0, 0.1) is 5.92 Å². The normalized spacial score (nSPS) is 20.8. The van der Waals surface area contributed by atoms with Crippen LogP contribution in [-0.4, -0.2) is 25.5 Å². The molecule has 0 saturated carbocycles. The molecule has 13 heavy (non-hydrogen) atoms. The molecular weight excluding hydrogens is 188 g/mol. The number of hydrogen-bond acceptors (Lipinski definition) is 2. The fourth-order valence-electron chi connectivity index (χ4n) is 1.46. The molecule has 1 aliphatic heterocycles. The first-order chi connectivity index (χ1) is 5.83. The fourth-order valence-corrected chi connectivity index (χ4v) is 1.46. The van der Waals surface area contributed by atoms with Crippen LogP contribution < -0.4 is 10.6 Å². The summed E-state index contributed by atoms with van der Waals surface area (Å²) in [5.41, 5.74) is 0. The molecular formula is C9H19ClN2O. The molecule has 0 aromatic rings. The van der Waals surface area contributed by atoms with Gasteiger partial charge in [0.15, 0.2) is 0 Å². The van der Waals surface area contributed by atoms with Gasteiger partial charge < -0.3 is 10.6 Å². The molecule has 0 aromatic carbocycles. The number of rotatable bonds is 4. The van der Waals surface area contributed by atoms with E-state index in [2.05, 4.69) is 10.6 Å². The van der Waals surface area contributed by atoms with Gasteiger partial charge in [-0.05, 0) is 31.8 Å². The average Bonchev–Trinajstić information content (AvgIpc) is 2.53. The predicted molar refractivity (Wildman–Crippen MR) is 56.1 cm³/mol. The molecule has 1 rings (SSSR count). The zero-order valence-corrected chi connectivity index (χ0v) is 8.95. The molecule has 4 heteroatoms. The average molecular weight is 207 g/mol. The van der Waals surface area contributed by atoms with E-state index in [1.165, 1.54) is 6.42 Å². The van der Waals surface area contributed by atoms with E-state index < -0.39 is 0 Å². The highest BCUT2D eigenvalue weighted by Gasteiger charge is 2.14. The Morgan fingerprint density at radius 3 is 2.92 bits per heavy atom. The van der Waals surface area contributed by atoms with Crippen LogP contribution in [0.3, 0.4) is 0 Å². The van der Waals surface area contributed by atoms with Crippen LogP contribution in [-0.2, 0) is 4.79 Å². The SMILES string of the molecule is CCCC(=O)NC[C@H]1CCNC1.Cl. The monoisotopic (exact) mass is 206 g/mol. The van der Waals surface area contributed by atoms with Crippen LogP contribution in [0.4, 0.5) is 0 Å². The number of nitrogens with one attached hydrogen (secondary N) is 2. The van der Waals surface area contributed by atoms with Crippen molar-refractivity contribution in [2.24, 2.45) is 5.92 Å². The molecule has 2 N–H and O–H groups in total. The number of amides is 1. The van der Waals surface area contributed by atoms with Gasteiger partial charge in [-0.3, -0.25) is 4.79 Å². The zero-order chi connectivity index (χ0) is 8.81. The van der Waals surface area contributed by atoms with Crippen LogP contribution >= 0.6 is 12.4 Å². The molecule has 0 spiro atoms. The van der Waals surface area contributed by atoms with Gasteiger partial charge in [0.1, 0.15) is 0 Å². The Morgan fingerprint density at radius 2 is 2.38 bits per heavy atom. The summed E-state index contributed by atoms with van der Waals surface area (Å²) in [6.45, 7) is 5.04. The molecule has 1 fully saturated rings. The highest BCUT2D eigenvalue weighted by Crippen LogP contribution is 2.05. The number of halogens is 1. The van der Waals surface area contributed by atoms with Gasteiger partial charge in [-0.2, -0.15) is 0 Å². The summed E-state index contributed by atoms with van der Waals surface area (Å²) >= 11 is 0. The minimum atomic E-state index is 0. The van der Waals surface area contributed by atoms with Gasteiger partial charge in [0, 0.05) is 13.0 Å². The molecule has 0 aromatic heterocycles. The van der Waals surface area contributed by atoms with E-state index in [1.54, 1.807) is 0 Å². The van der Waals surface area contributed by atoms with Crippen LogP contribution in [0.25, 0.3) is 0 Å². The lowest BCUT2D eigenvalue weighted by atomic mass is 10.1. The highest BCUT2D eigenvalue weighted by atomic mass is 35.5. The van der Waals surface area contributed by atoms with E-state index in [9.17, 15) is 4.79 Å². The van der Waals surface area contributed by atoms with Crippen molar-refractivity contribution in [3.63, 3.8) is 0 Å². The molecule has 1 saturated heterocycles. The number of hydrogen-bond donors (Lipinski definition) is 2. The molecule has 1 heterocycles. The van der Waals surface area contributed by atoms with Crippen molar-refractivity contribution in [1.82, 2.24) is 10.6 Å². The van der Waals surface area contributed by atoms with Crippen molar-refractivity contribution >= 4 is 18.3 Å². The van der Waals surface area contributed by atoms with Crippen molar-refractivity contribution in [3.05, 3.63) is 0 Å². The Hall–Kier alpha value is -0.280. The topological polar surface area (TPSA) is 41.1 Å². The summed E-state index contributed by atoms with van der Waals surface area (Å²) in [7, 11) is 0. The Kier molecular flexibility index (Phi) is 7.00. The minimum absolute atomic E-state index is 0. The number of carbonyl (C=O) groups excluding carboxylic acids is 1. The second kappa shape index (κ2) is 7.15. The summed E-state index contributed by atoms with van der Waals surface area (Å²) < 4.78 is 0. The van der Waals surface area contributed by atoms with E-state index in [4.69, 9.17) is 0 Å². The van der Waals surface area contributed by atoms with E-state index in [-0.39, 0.29) is 18.3 Å². The molecule has 1 amide bonds. The molecule has 1 aliphatic rings. The first-order valence-corrected chi connectivity index (χ1v) is 4.80. The maximum absolute atomic E-state index is 11.1. The maximum Gasteiger partial charge on any atom is 0.219 e. The van der Waals surface area contributed by atoms with Crippen molar-refractivity contribution in [3.8, 4) is 0 Å². The van der Waals surface area contributed by atoms with Crippen molar-refractivity contribution in [2.45, 2.75) is 26.2 Å². The molecule has 0 radical (unpaired) electrons. The van der Waals surface area contributed by atoms with E-state index in [1.807, 2.05) is 6.92 Å². The summed E-state index contributed by atoms with van der Waals surface area (Å²) in [6, 6.07) is 0. The van der Waals surface area contributed by atoms with Crippen molar-refractivity contribution in [2.75, 3.05) is 19.6 Å². The van der Waals surface area contributed by atoms with Gasteiger partial charge in [-0.25, -0.2) is 0 Å². The van der Waals surface area contributed by atoms with Crippen LogP contribution in [0.2, 0.25) is 0 Å². The van der Waals surface area contributed by atoms with E-state index >= 15 is 0 Å². The quantitative estimate of drug-likeness (QED) is 0.719.